The topological polar surface area (TPSA) is 67.8 Å². The van der Waals surface area contributed by atoms with E-state index in [1.54, 1.807) is 18.2 Å². The van der Waals surface area contributed by atoms with Gasteiger partial charge in [-0.05, 0) is 18.2 Å². The van der Waals surface area contributed by atoms with Crippen molar-refractivity contribution in [3.05, 3.63) is 54.1 Å². The lowest BCUT2D eigenvalue weighted by Crippen LogP contribution is -2.48. The van der Waals surface area contributed by atoms with Gasteiger partial charge >= 0.3 is 0 Å². The van der Waals surface area contributed by atoms with Crippen molar-refractivity contribution in [1.29, 1.82) is 0 Å². The van der Waals surface area contributed by atoms with Crippen LogP contribution >= 0.6 is 11.5 Å². The molecule has 142 valence electrons. The van der Waals surface area contributed by atoms with Crippen LogP contribution in [0.25, 0.3) is 11.4 Å². The summed E-state index contributed by atoms with van der Waals surface area (Å²) in [4.78, 5) is 21.5. The van der Waals surface area contributed by atoms with E-state index in [1.807, 2.05) is 35.2 Å². The maximum atomic E-state index is 12.8. The Morgan fingerprint density at radius 1 is 0.964 bits per heavy atom. The van der Waals surface area contributed by atoms with Gasteiger partial charge in [-0.15, -0.1) is 0 Å². The average molecular weight is 394 g/mol. The Kier molecular flexibility index (Phi) is 4.32. The van der Waals surface area contributed by atoms with Crippen molar-refractivity contribution in [1.82, 2.24) is 14.3 Å². The van der Waals surface area contributed by atoms with Crippen molar-refractivity contribution in [2.75, 3.05) is 37.9 Å². The van der Waals surface area contributed by atoms with Crippen molar-refractivity contribution in [3.63, 3.8) is 0 Å². The van der Waals surface area contributed by atoms with Crippen LogP contribution in [0.2, 0.25) is 0 Å². The van der Waals surface area contributed by atoms with E-state index in [0.717, 1.165) is 29.6 Å². The highest BCUT2D eigenvalue weighted by molar-refractivity contribution is 7.09. The standard InChI is InChI=1S/C20H18N4O3S/c25-19(15-6-7-16-17(12-15)27-13-26-16)23-8-10-24(11-9-23)20-21-18(22-28-20)14-4-2-1-3-5-14/h1-7,12H,8-11,13H2. The molecule has 3 heterocycles. The largest absolute Gasteiger partial charge is 0.454 e. The number of hydrogen-bond donors (Lipinski definition) is 0. The van der Waals surface area contributed by atoms with E-state index >= 15 is 0 Å². The number of anilines is 1. The van der Waals surface area contributed by atoms with Crippen LogP contribution in [0.3, 0.4) is 0 Å². The molecule has 2 aliphatic heterocycles. The summed E-state index contributed by atoms with van der Waals surface area (Å²) in [6, 6.07) is 15.3. The molecular weight excluding hydrogens is 376 g/mol. The first-order valence-electron chi connectivity index (χ1n) is 9.11. The molecule has 8 heteroatoms. The summed E-state index contributed by atoms with van der Waals surface area (Å²) >= 11 is 1.40. The molecule has 0 aliphatic carbocycles. The van der Waals surface area contributed by atoms with Gasteiger partial charge in [-0.3, -0.25) is 4.79 Å². The second-order valence-electron chi connectivity index (χ2n) is 6.61. The first kappa shape index (κ1) is 17.0. The van der Waals surface area contributed by atoms with Gasteiger partial charge in [0, 0.05) is 48.8 Å². The second-order valence-corrected chi connectivity index (χ2v) is 7.34. The predicted octanol–water partition coefficient (Wildman–Crippen LogP) is 2.90. The first-order chi connectivity index (χ1) is 13.8. The van der Waals surface area contributed by atoms with E-state index in [0.29, 0.717) is 30.2 Å². The van der Waals surface area contributed by atoms with Crippen LogP contribution in [0.5, 0.6) is 11.5 Å². The zero-order valence-corrected chi connectivity index (χ0v) is 15.9. The molecule has 0 atom stereocenters. The molecule has 0 N–H and O–H groups in total. The molecule has 28 heavy (non-hydrogen) atoms. The van der Waals surface area contributed by atoms with Gasteiger partial charge in [-0.1, -0.05) is 30.3 Å². The Bertz CT molecular complexity index is 1000. The molecule has 2 aromatic carbocycles. The molecular formula is C20H18N4O3S. The van der Waals surface area contributed by atoms with E-state index in [2.05, 4.69) is 14.3 Å². The third-order valence-electron chi connectivity index (χ3n) is 4.90. The van der Waals surface area contributed by atoms with Gasteiger partial charge in [0.05, 0.1) is 0 Å². The minimum atomic E-state index is 0.0141. The number of benzene rings is 2. The molecule has 5 rings (SSSR count). The fourth-order valence-electron chi connectivity index (χ4n) is 3.36. The van der Waals surface area contributed by atoms with Crippen LogP contribution in [-0.4, -0.2) is 53.1 Å². The van der Waals surface area contributed by atoms with Crippen LogP contribution < -0.4 is 14.4 Å². The average Bonchev–Trinajstić information content (AvgIpc) is 3.43. The molecule has 0 radical (unpaired) electrons. The highest BCUT2D eigenvalue weighted by Gasteiger charge is 2.25. The molecule has 7 nitrogen and oxygen atoms in total. The predicted molar refractivity (Wildman–Crippen MR) is 106 cm³/mol. The molecule has 1 fully saturated rings. The second kappa shape index (κ2) is 7.12. The molecule has 2 aliphatic rings. The highest BCUT2D eigenvalue weighted by Crippen LogP contribution is 2.33. The molecule has 0 saturated carbocycles. The van der Waals surface area contributed by atoms with Gasteiger partial charge in [-0.2, -0.15) is 9.36 Å². The van der Waals surface area contributed by atoms with Crippen LogP contribution in [0.4, 0.5) is 5.13 Å². The third kappa shape index (κ3) is 3.16. The number of carbonyl (C=O) groups is 1. The Hall–Kier alpha value is -3.13. The molecule has 1 amide bonds. The summed E-state index contributed by atoms with van der Waals surface area (Å²) in [5.41, 5.74) is 1.64. The van der Waals surface area contributed by atoms with Gasteiger partial charge in [-0.25, -0.2) is 0 Å². The minimum absolute atomic E-state index is 0.0141. The van der Waals surface area contributed by atoms with E-state index in [4.69, 9.17) is 9.47 Å². The maximum Gasteiger partial charge on any atom is 0.254 e. The van der Waals surface area contributed by atoms with Crippen molar-refractivity contribution in [3.8, 4) is 22.9 Å². The quantitative estimate of drug-likeness (QED) is 0.681. The van der Waals surface area contributed by atoms with Gasteiger partial charge < -0.3 is 19.3 Å². The summed E-state index contributed by atoms with van der Waals surface area (Å²) in [6.07, 6.45) is 0. The smallest absolute Gasteiger partial charge is 0.254 e. The zero-order valence-electron chi connectivity index (χ0n) is 15.1. The summed E-state index contributed by atoms with van der Waals surface area (Å²) in [7, 11) is 0. The number of rotatable bonds is 3. The van der Waals surface area contributed by atoms with Gasteiger partial charge in [0.2, 0.25) is 11.9 Å². The van der Waals surface area contributed by atoms with E-state index in [1.165, 1.54) is 11.5 Å². The maximum absolute atomic E-state index is 12.8. The lowest BCUT2D eigenvalue weighted by Gasteiger charge is -2.34. The number of hydrogen-bond acceptors (Lipinski definition) is 7. The van der Waals surface area contributed by atoms with E-state index in [9.17, 15) is 4.79 Å². The molecule has 0 spiro atoms. The number of nitrogens with zero attached hydrogens (tertiary/aromatic N) is 4. The van der Waals surface area contributed by atoms with Crippen molar-refractivity contribution < 1.29 is 14.3 Å². The lowest BCUT2D eigenvalue weighted by molar-refractivity contribution is 0.0746. The van der Waals surface area contributed by atoms with Gasteiger partial charge in [0.1, 0.15) is 0 Å². The fraction of sp³-hybridized carbons (Fsp3) is 0.250. The summed E-state index contributed by atoms with van der Waals surface area (Å²) in [5.74, 6) is 2.08. The highest BCUT2D eigenvalue weighted by atomic mass is 32.1. The van der Waals surface area contributed by atoms with Crippen LogP contribution in [0.15, 0.2) is 48.5 Å². The first-order valence-corrected chi connectivity index (χ1v) is 9.88. The molecule has 1 aromatic heterocycles. The number of piperazine rings is 1. The van der Waals surface area contributed by atoms with Crippen LogP contribution in [-0.2, 0) is 0 Å². The van der Waals surface area contributed by atoms with Crippen molar-refractivity contribution >= 4 is 22.6 Å². The lowest BCUT2D eigenvalue weighted by atomic mass is 10.1. The van der Waals surface area contributed by atoms with Crippen LogP contribution in [0, 0.1) is 0 Å². The zero-order chi connectivity index (χ0) is 18.9. The number of carbonyl (C=O) groups excluding carboxylic acids is 1. The van der Waals surface area contributed by atoms with Crippen molar-refractivity contribution in [2.45, 2.75) is 0 Å². The van der Waals surface area contributed by atoms with E-state index < -0.39 is 0 Å². The monoisotopic (exact) mass is 394 g/mol. The fourth-order valence-corrected chi connectivity index (χ4v) is 4.10. The Labute approximate surface area is 166 Å². The Morgan fingerprint density at radius 2 is 1.75 bits per heavy atom. The molecule has 3 aromatic rings. The number of aromatic nitrogens is 2. The normalized spacial score (nSPS) is 15.7. The Morgan fingerprint density at radius 3 is 2.57 bits per heavy atom. The SMILES string of the molecule is O=C(c1ccc2c(c1)OCO2)N1CCN(c2nc(-c3ccccc3)ns2)CC1. The summed E-state index contributed by atoms with van der Waals surface area (Å²) < 4.78 is 15.2. The molecule has 0 unspecified atom stereocenters. The third-order valence-corrected chi connectivity index (χ3v) is 5.68. The van der Waals surface area contributed by atoms with E-state index in [-0.39, 0.29) is 12.7 Å². The number of ether oxygens (including phenoxy) is 2. The Balaban J connectivity index is 1.24. The summed E-state index contributed by atoms with van der Waals surface area (Å²) in [6.45, 7) is 2.97. The minimum Gasteiger partial charge on any atom is -0.454 e. The summed E-state index contributed by atoms with van der Waals surface area (Å²) in [5, 5.41) is 0.897. The van der Waals surface area contributed by atoms with Gasteiger partial charge in [0.15, 0.2) is 17.3 Å². The van der Waals surface area contributed by atoms with Gasteiger partial charge in [0.25, 0.3) is 5.91 Å². The number of fused-ring (bicyclic) bond motifs is 1. The van der Waals surface area contributed by atoms with Crippen LogP contribution in [0.1, 0.15) is 10.4 Å². The molecule has 0 bridgehead atoms. The molecule has 1 saturated heterocycles. The van der Waals surface area contributed by atoms with Crippen molar-refractivity contribution in [2.24, 2.45) is 0 Å². The number of amides is 1.